The van der Waals surface area contributed by atoms with Gasteiger partial charge in [-0.2, -0.15) is 0 Å². The van der Waals surface area contributed by atoms with Crippen LogP contribution in [0, 0.1) is 5.82 Å². The minimum absolute atomic E-state index is 0.0971. The van der Waals surface area contributed by atoms with Crippen LogP contribution >= 0.6 is 0 Å². The van der Waals surface area contributed by atoms with Crippen LogP contribution in [-0.2, 0) is 14.3 Å². The number of amides is 2. The molecule has 3 N–H and O–H groups in total. The van der Waals surface area contributed by atoms with Gasteiger partial charge in [-0.25, -0.2) is 4.39 Å². The third kappa shape index (κ3) is 6.55. The summed E-state index contributed by atoms with van der Waals surface area (Å²) < 4.78 is 18.5. The third-order valence-corrected chi connectivity index (χ3v) is 4.56. The highest BCUT2D eigenvalue weighted by Crippen LogP contribution is 2.18. The summed E-state index contributed by atoms with van der Waals surface area (Å²) in [5.41, 5.74) is 2.21. The van der Waals surface area contributed by atoms with Crippen LogP contribution in [0.5, 0.6) is 0 Å². The standard InChI is InChI=1S/C21H25FN4O3/c1-25(15-21(28)24-18-4-2-3-16(22)13-18)14-20(27)23-17-5-7-19(8-6-17)26-9-11-29-12-10-26/h2-8,13H,9-12,14-15H2,1H3,(H,23,27)(H,24,28)/p+1. The van der Waals surface area contributed by atoms with Gasteiger partial charge in [-0.15, -0.1) is 0 Å². The minimum Gasteiger partial charge on any atom is -0.378 e. The molecular weight excluding hydrogens is 375 g/mol. The zero-order valence-electron chi connectivity index (χ0n) is 16.4. The molecule has 8 heteroatoms. The van der Waals surface area contributed by atoms with Crippen LogP contribution in [0.25, 0.3) is 0 Å². The van der Waals surface area contributed by atoms with E-state index in [9.17, 15) is 14.0 Å². The summed E-state index contributed by atoms with van der Waals surface area (Å²) in [6.07, 6.45) is 0. The molecule has 154 valence electrons. The maximum Gasteiger partial charge on any atom is 0.279 e. The molecule has 0 aromatic heterocycles. The first-order valence-corrected chi connectivity index (χ1v) is 9.59. The number of quaternary nitrogens is 1. The predicted molar refractivity (Wildman–Crippen MR) is 110 cm³/mol. The van der Waals surface area contributed by atoms with Crippen LogP contribution in [0.15, 0.2) is 48.5 Å². The first-order chi connectivity index (χ1) is 14.0. The fourth-order valence-electron chi connectivity index (χ4n) is 3.16. The zero-order valence-corrected chi connectivity index (χ0v) is 16.4. The van der Waals surface area contributed by atoms with E-state index in [1.807, 2.05) is 24.3 Å². The Labute approximate surface area is 169 Å². The molecule has 1 fully saturated rings. The van der Waals surface area contributed by atoms with E-state index < -0.39 is 5.82 Å². The summed E-state index contributed by atoms with van der Waals surface area (Å²) in [6.45, 7) is 3.40. The lowest BCUT2D eigenvalue weighted by atomic mass is 10.2. The van der Waals surface area contributed by atoms with Crippen molar-refractivity contribution in [2.45, 2.75) is 0 Å². The Hall–Kier alpha value is -2.97. The van der Waals surface area contributed by atoms with Crippen LogP contribution < -0.4 is 20.4 Å². The summed E-state index contributed by atoms with van der Waals surface area (Å²) in [4.78, 5) is 27.3. The number of nitrogens with one attached hydrogen (secondary N) is 3. The van der Waals surface area contributed by atoms with Crippen molar-refractivity contribution < 1.29 is 23.6 Å². The van der Waals surface area contributed by atoms with Crippen molar-refractivity contribution in [3.05, 3.63) is 54.3 Å². The molecule has 2 amide bonds. The lowest BCUT2D eigenvalue weighted by molar-refractivity contribution is -0.862. The number of hydrogen-bond acceptors (Lipinski definition) is 4. The van der Waals surface area contributed by atoms with Gasteiger partial charge < -0.3 is 25.2 Å². The molecule has 2 aromatic carbocycles. The van der Waals surface area contributed by atoms with Crippen LogP contribution in [0.4, 0.5) is 21.5 Å². The molecule has 1 saturated heterocycles. The summed E-state index contributed by atoms with van der Waals surface area (Å²) in [7, 11) is 1.76. The van der Waals surface area contributed by atoms with Gasteiger partial charge in [0.15, 0.2) is 13.1 Å². The van der Waals surface area contributed by atoms with Gasteiger partial charge in [-0.3, -0.25) is 9.59 Å². The summed E-state index contributed by atoms with van der Waals surface area (Å²) in [6, 6.07) is 13.4. The van der Waals surface area contributed by atoms with Gasteiger partial charge in [0.25, 0.3) is 11.8 Å². The fourth-order valence-corrected chi connectivity index (χ4v) is 3.16. The van der Waals surface area contributed by atoms with E-state index in [-0.39, 0.29) is 24.9 Å². The molecule has 1 unspecified atom stereocenters. The number of carbonyl (C=O) groups is 2. The second-order valence-electron chi connectivity index (χ2n) is 7.06. The molecule has 0 radical (unpaired) electrons. The van der Waals surface area contributed by atoms with Crippen LogP contribution in [0.1, 0.15) is 0 Å². The Balaban J connectivity index is 1.44. The monoisotopic (exact) mass is 401 g/mol. The van der Waals surface area contributed by atoms with Crippen molar-refractivity contribution in [2.75, 3.05) is 62.0 Å². The quantitative estimate of drug-likeness (QED) is 0.640. The average Bonchev–Trinajstić information content (AvgIpc) is 2.69. The van der Waals surface area contributed by atoms with Gasteiger partial charge in [0.2, 0.25) is 0 Å². The van der Waals surface area contributed by atoms with Crippen LogP contribution in [-0.4, -0.2) is 58.3 Å². The largest absolute Gasteiger partial charge is 0.378 e. The van der Waals surface area contributed by atoms with Gasteiger partial charge in [0.05, 0.1) is 20.3 Å². The molecule has 0 aliphatic carbocycles. The molecule has 7 nitrogen and oxygen atoms in total. The van der Waals surface area contributed by atoms with Crippen molar-refractivity contribution in [1.82, 2.24) is 0 Å². The Kier molecular flexibility index (Phi) is 7.15. The van der Waals surface area contributed by atoms with Gasteiger partial charge in [-0.1, -0.05) is 6.07 Å². The summed E-state index contributed by atoms with van der Waals surface area (Å²) in [5, 5.41) is 5.48. The third-order valence-electron chi connectivity index (χ3n) is 4.56. The van der Waals surface area contributed by atoms with E-state index in [0.29, 0.717) is 11.4 Å². The lowest BCUT2D eigenvalue weighted by Gasteiger charge is -2.28. The molecule has 1 atom stereocenters. The highest BCUT2D eigenvalue weighted by molar-refractivity contribution is 5.93. The average molecular weight is 401 g/mol. The molecule has 1 heterocycles. The Morgan fingerprint density at radius 3 is 2.24 bits per heavy atom. The number of rotatable bonds is 7. The Bertz CT molecular complexity index is 838. The van der Waals surface area contributed by atoms with E-state index in [1.165, 1.54) is 18.2 Å². The number of halogens is 1. The molecule has 1 aliphatic heterocycles. The molecule has 3 rings (SSSR count). The van der Waals surface area contributed by atoms with Gasteiger partial charge >= 0.3 is 0 Å². The summed E-state index contributed by atoms with van der Waals surface area (Å²) in [5.74, 6) is -0.876. The minimum atomic E-state index is -0.414. The maximum absolute atomic E-state index is 13.2. The first-order valence-electron chi connectivity index (χ1n) is 9.59. The van der Waals surface area contributed by atoms with Crippen molar-refractivity contribution in [2.24, 2.45) is 0 Å². The van der Waals surface area contributed by atoms with E-state index >= 15 is 0 Å². The normalized spacial score (nSPS) is 14.9. The Morgan fingerprint density at radius 1 is 1.00 bits per heavy atom. The smallest absolute Gasteiger partial charge is 0.279 e. The lowest BCUT2D eigenvalue weighted by Crippen LogP contribution is -3.11. The first kappa shape index (κ1) is 20.8. The number of hydrogen-bond donors (Lipinski definition) is 3. The Morgan fingerprint density at radius 2 is 1.62 bits per heavy atom. The topological polar surface area (TPSA) is 75.1 Å². The molecule has 0 saturated carbocycles. The van der Waals surface area contributed by atoms with Gasteiger partial charge in [0, 0.05) is 30.2 Å². The van der Waals surface area contributed by atoms with Crippen LogP contribution in [0.2, 0.25) is 0 Å². The molecule has 2 aromatic rings. The van der Waals surface area contributed by atoms with Crippen LogP contribution in [0.3, 0.4) is 0 Å². The number of morpholine rings is 1. The van der Waals surface area contributed by atoms with E-state index in [4.69, 9.17) is 4.74 Å². The van der Waals surface area contributed by atoms with Crippen molar-refractivity contribution >= 4 is 28.9 Å². The van der Waals surface area contributed by atoms with Crippen molar-refractivity contribution in [3.8, 4) is 0 Å². The number of anilines is 3. The second kappa shape index (κ2) is 9.99. The number of ether oxygens (including phenoxy) is 1. The molecule has 0 bridgehead atoms. The number of benzene rings is 2. The SMILES string of the molecule is C[NH+](CC(=O)Nc1ccc(N2CCOCC2)cc1)CC(=O)Nc1cccc(F)c1. The molecular formula is C21H26FN4O3+. The van der Waals surface area contributed by atoms with E-state index in [1.54, 1.807) is 13.1 Å². The van der Waals surface area contributed by atoms with Gasteiger partial charge in [0.1, 0.15) is 5.82 Å². The zero-order chi connectivity index (χ0) is 20.6. The van der Waals surface area contributed by atoms with E-state index in [0.717, 1.165) is 36.9 Å². The molecule has 29 heavy (non-hydrogen) atoms. The highest BCUT2D eigenvalue weighted by Gasteiger charge is 2.15. The van der Waals surface area contributed by atoms with Crippen molar-refractivity contribution in [3.63, 3.8) is 0 Å². The maximum atomic E-state index is 13.2. The fraction of sp³-hybridized carbons (Fsp3) is 0.333. The highest BCUT2D eigenvalue weighted by atomic mass is 19.1. The number of carbonyl (C=O) groups excluding carboxylic acids is 2. The van der Waals surface area contributed by atoms with E-state index in [2.05, 4.69) is 15.5 Å². The summed E-state index contributed by atoms with van der Waals surface area (Å²) >= 11 is 0. The number of likely N-dealkylation sites (N-methyl/N-ethyl adjacent to an activating group) is 1. The van der Waals surface area contributed by atoms with Gasteiger partial charge in [-0.05, 0) is 42.5 Å². The molecule has 0 spiro atoms. The number of nitrogens with zero attached hydrogens (tertiary/aromatic N) is 1. The molecule has 1 aliphatic rings. The predicted octanol–water partition coefficient (Wildman–Crippen LogP) is 0.754. The second-order valence-corrected chi connectivity index (χ2v) is 7.06. The van der Waals surface area contributed by atoms with Crippen molar-refractivity contribution in [1.29, 1.82) is 0 Å².